The van der Waals surface area contributed by atoms with Crippen molar-refractivity contribution >= 4 is 27.2 Å². The Morgan fingerprint density at radius 3 is 2.53 bits per heavy atom. The number of hydrogen-bond acceptors (Lipinski definition) is 9. The van der Waals surface area contributed by atoms with Gasteiger partial charge in [-0.2, -0.15) is 0 Å². The van der Waals surface area contributed by atoms with E-state index in [1.54, 1.807) is 31.5 Å². The third-order valence-corrected chi connectivity index (χ3v) is 4.66. The van der Waals surface area contributed by atoms with Crippen LogP contribution >= 0.6 is 0 Å². The maximum Gasteiger partial charge on any atom is 0.311 e. The van der Waals surface area contributed by atoms with Crippen LogP contribution in [0.15, 0.2) is 54.9 Å². The number of nitro groups is 1. The summed E-state index contributed by atoms with van der Waals surface area (Å²) in [6.45, 7) is 2.24. The quantitative estimate of drug-likeness (QED) is 0.337. The van der Waals surface area contributed by atoms with Crippen LogP contribution in [0.4, 0.5) is 11.5 Å². The molecule has 4 rings (SSSR count). The molecule has 34 heavy (non-hydrogen) atoms. The van der Waals surface area contributed by atoms with Crippen molar-refractivity contribution in [2.45, 2.75) is 18.4 Å². The number of rotatable bonds is 6. The highest BCUT2D eigenvalue weighted by atomic mass is 16.6. The Kier molecular flexibility index (Phi) is 7.83. The van der Waals surface area contributed by atoms with Gasteiger partial charge in [0.15, 0.2) is 11.5 Å². The topological polar surface area (TPSA) is 118 Å². The molecular weight excluding hydrogens is 438 g/mol. The van der Waals surface area contributed by atoms with E-state index in [1.165, 1.54) is 25.4 Å². The summed E-state index contributed by atoms with van der Waals surface area (Å²) in [5.74, 6) is 1.88. The van der Waals surface area contributed by atoms with Crippen LogP contribution < -0.4 is 24.3 Å². The molecule has 2 aromatic heterocycles. The molecule has 0 aliphatic carbocycles. The van der Waals surface area contributed by atoms with Crippen molar-refractivity contribution in [2.75, 3.05) is 26.1 Å². The molecule has 1 unspecified atom stereocenters. The molecule has 10 nitrogen and oxygen atoms in total. The first kappa shape index (κ1) is 24.7. The van der Waals surface area contributed by atoms with E-state index >= 15 is 0 Å². The number of benzene rings is 1. The standard InChI is InChI=1S/C16H15B2N3O5.C6H7NO/c1-9-8-25-14-12(24-2)6-10(7-13(14)26-9)16(17,18)20-15-11(21(22)23)4-3-5-19-15;1-8-6-4-2-3-5-7-6/h3-7,9H,8H2,1-2H3,(H,19,20);2-5H,1H3. The van der Waals surface area contributed by atoms with Gasteiger partial charge in [0.25, 0.3) is 0 Å². The molecule has 0 fully saturated rings. The smallest absolute Gasteiger partial charge is 0.311 e. The second kappa shape index (κ2) is 10.8. The number of methoxy groups -OCH3 is 2. The summed E-state index contributed by atoms with van der Waals surface area (Å²) in [5.41, 5.74) is 0.136. The summed E-state index contributed by atoms with van der Waals surface area (Å²) in [6.07, 6.45) is 2.94. The zero-order valence-electron chi connectivity index (χ0n) is 18.9. The molecule has 172 valence electrons. The highest BCUT2D eigenvalue weighted by Crippen LogP contribution is 2.43. The van der Waals surface area contributed by atoms with Crippen molar-refractivity contribution in [1.82, 2.24) is 9.97 Å². The van der Waals surface area contributed by atoms with E-state index in [0.717, 1.165) is 0 Å². The van der Waals surface area contributed by atoms with Crippen LogP contribution in [0.3, 0.4) is 0 Å². The number of pyridine rings is 2. The molecule has 0 saturated heterocycles. The van der Waals surface area contributed by atoms with Crippen LogP contribution in [0, 0.1) is 10.1 Å². The Labute approximate surface area is 199 Å². The lowest BCUT2D eigenvalue weighted by molar-refractivity contribution is -0.384. The van der Waals surface area contributed by atoms with Crippen LogP contribution in [-0.2, 0) is 5.34 Å². The van der Waals surface area contributed by atoms with Crippen LogP contribution in [0.1, 0.15) is 12.5 Å². The number of hydrogen-bond donors (Lipinski definition) is 1. The molecule has 0 bridgehead atoms. The van der Waals surface area contributed by atoms with E-state index in [1.807, 2.05) is 19.1 Å². The average Bonchev–Trinajstić information content (AvgIpc) is 2.84. The van der Waals surface area contributed by atoms with Crippen LogP contribution in [0.2, 0.25) is 0 Å². The number of aromatic nitrogens is 2. The number of fused-ring (bicyclic) bond motifs is 1. The van der Waals surface area contributed by atoms with Gasteiger partial charge in [-0.25, -0.2) is 9.97 Å². The zero-order chi connectivity index (χ0) is 24.7. The second-order valence-electron chi connectivity index (χ2n) is 7.24. The van der Waals surface area contributed by atoms with Gasteiger partial charge in [0.05, 0.1) is 34.8 Å². The first-order valence-corrected chi connectivity index (χ1v) is 10.2. The lowest BCUT2D eigenvalue weighted by Crippen LogP contribution is -2.37. The Morgan fingerprint density at radius 1 is 1.15 bits per heavy atom. The molecular formula is C22H22B2N4O6. The Bertz CT molecular complexity index is 1130. The molecule has 1 aliphatic heterocycles. The van der Waals surface area contributed by atoms with E-state index in [-0.39, 0.29) is 17.6 Å². The van der Waals surface area contributed by atoms with Crippen molar-refractivity contribution in [3.8, 4) is 23.1 Å². The minimum absolute atomic E-state index is 0.0512. The molecule has 4 radical (unpaired) electrons. The molecule has 1 aliphatic rings. The Hall–Kier alpha value is -3.95. The first-order chi connectivity index (χ1) is 16.2. The lowest BCUT2D eigenvalue weighted by Gasteiger charge is -2.32. The maximum atomic E-state index is 11.2. The van der Waals surface area contributed by atoms with E-state index in [9.17, 15) is 10.1 Å². The molecule has 1 aromatic carbocycles. The van der Waals surface area contributed by atoms with Gasteiger partial charge in [-0.1, -0.05) is 6.07 Å². The molecule has 3 heterocycles. The molecule has 1 atom stereocenters. The summed E-state index contributed by atoms with van der Waals surface area (Å²) >= 11 is 0. The van der Waals surface area contributed by atoms with Gasteiger partial charge in [0.1, 0.15) is 12.7 Å². The van der Waals surface area contributed by atoms with Gasteiger partial charge in [-0.05, 0) is 42.1 Å². The van der Waals surface area contributed by atoms with Gasteiger partial charge in [0, 0.05) is 24.5 Å². The van der Waals surface area contributed by atoms with E-state index < -0.39 is 10.3 Å². The van der Waals surface area contributed by atoms with Crippen LogP contribution in [-0.4, -0.2) is 57.5 Å². The van der Waals surface area contributed by atoms with Gasteiger partial charge in [-0.3, -0.25) is 10.1 Å². The van der Waals surface area contributed by atoms with Crippen LogP contribution in [0.25, 0.3) is 0 Å². The first-order valence-electron chi connectivity index (χ1n) is 10.2. The number of nitrogens with zero attached hydrogens (tertiary/aromatic N) is 3. The highest BCUT2D eigenvalue weighted by molar-refractivity contribution is 6.41. The summed E-state index contributed by atoms with van der Waals surface area (Å²) in [6, 6.07) is 11.5. The summed E-state index contributed by atoms with van der Waals surface area (Å²) < 4.78 is 21.5. The van der Waals surface area contributed by atoms with Crippen molar-refractivity contribution < 1.29 is 23.9 Å². The van der Waals surface area contributed by atoms with Crippen molar-refractivity contribution in [2.24, 2.45) is 0 Å². The summed E-state index contributed by atoms with van der Waals surface area (Å²) in [5, 5.41) is 12.2. The predicted molar refractivity (Wildman–Crippen MR) is 127 cm³/mol. The fraction of sp³-hybridized carbons (Fsp3) is 0.273. The monoisotopic (exact) mass is 460 g/mol. The summed E-state index contributed by atoms with van der Waals surface area (Å²) in [7, 11) is 15.4. The van der Waals surface area contributed by atoms with Gasteiger partial charge in [-0.15, -0.1) is 0 Å². The van der Waals surface area contributed by atoms with Crippen molar-refractivity contribution in [3.05, 3.63) is 70.5 Å². The van der Waals surface area contributed by atoms with Crippen molar-refractivity contribution in [3.63, 3.8) is 0 Å². The normalized spacial score (nSPS) is 14.3. The molecule has 0 amide bonds. The molecule has 0 spiro atoms. The molecule has 1 N–H and O–H groups in total. The van der Waals surface area contributed by atoms with E-state index in [4.69, 9.17) is 34.6 Å². The average molecular weight is 460 g/mol. The zero-order valence-corrected chi connectivity index (χ0v) is 18.9. The van der Waals surface area contributed by atoms with Crippen LogP contribution in [0.5, 0.6) is 23.1 Å². The second-order valence-corrected chi connectivity index (χ2v) is 7.24. The van der Waals surface area contributed by atoms with Gasteiger partial charge >= 0.3 is 5.69 Å². The maximum absolute atomic E-state index is 11.2. The lowest BCUT2D eigenvalue weighted by atomic mass is 9.58. The fourth-order valence-corrected chi connectivity index (χ4v) is 3.02. The minimum atomic E-state index is -1.68. The molecule has 0 saturated carbocycles. The SMILES string of the molecule is COc1ccccn1.[B]C([B])(Nc1ncccc1[N+](=O)[O-])c1cc(OC)c2c(c1)OC(C)CO2. The largest absolute Gasteiger partial charge is 0.493 e. The molecule has 3 aromatic rings. The number of nitrogens with one attached hydrogen (secondary N) is 1. The van der Waals surface area contributed by atoms with Gasteiger partial charge in [0.2, 0.25) is 17.4 Å². The van der Waals surface area contributed by atoms with E-state index in [0.29, 0.717) is 35.3 Å². The Balaban J connectivity index is 0.000000343. The summed E-state index contributed by atoms with van der Waals surface area (Å²) in [4.78, 5) is 18.4. The van der Waals surface area contributed by atoms with Gasteiger partial charge < -0.3 is 24.3 Å². The molecule has 12 heteroatoms. The third-order valence-electron chi connectivity index (χ3n) is 4.66. The van der Waals surface area contributed by atoms with E-state index in [2.05, 4.69) is 15.3 Å². The Morgan fingerprint density at radius 2 is 1.91 bits per heavy atom. The predicted octanol–water partition coefficient (Wildman–Crippen LogP) is 2.81. The minimum Gasteiger partial charge on any atom is -0.493 e. The number of ether oxygens (including phenoxy) is 4. The highest BCUT2D eigenvalue weighted by Gasteiger charge is 2.29. The fourth-order valence-electron chi connectivity index (χ4n) is 3.02. The number of anilines is 1. The van der Waals surface area contributed by atoms with Crippen molar-refractivity contribution in [1.29, 1.82) is 0 Å². The third kappa shape index (κ3) is 5.89.